The van der Waals surface area contributed by atoms with Crippen molar-refractivity contribution in [2.45, 2.75) is 73.0 Å². The van der Waals surface area contributed by atoms with Crippen molar-refractivity contribution in [3.8, 4) is 39.5 Å². The van der Waals surface area contributed by atoms with E-state index in [1.165, 1.54) is 38.7 Å². The first kappa shape index (κ1) is 41.7. The van der Waals surface area contributed by atoms with Crippen LogP contribution >= 0.6 is 0 Å². The average Bonchev–Trinajstić information content (AvgIpc) is 3.80. The molecule has 0 aliphatic rings. The van der Waals surface area contributed by atoms with E-state index in [-0.39, 0.29) is 31.9 Å². The maximum atomic E-state index is 6.48. The summed E-state index contributed by atoms with van der Waals surface area (Å²) in [4.78, 5) is 14.5. The molecule has 5 aromatic carbocycles. The quantitative estimate of drug-likeness (QED) is 0.118. The van der Waals surface area contributed by atoms with E-state index in [9.17, 15) is 0 Å². The first-order chi connectivity index (χ1) is 27.9. The third-order valence-corrected chi connectivity index (χ3v) is 13.1. The topological polar surface area (TPSA) is 56.7 Å². The van der Waals surface area contributed by atoms with Crippen molar-refractivity contribution in [2.75, 3.05) is 0 Å². The van der Waals surface area contributed by atoms with E-state index in [2.05, 4.69) is 162 Å². The molecule has 1 radical (unpaired) electrons. The molecule has 9 rings (SSSR count). The maximum absolute atomic E-state index is 6.48. The molecule has 59 heavy (non-hydrogen) atoms. The summed E-state index contributed by atoms with van der Waals surface area (Å²) in [6.07, 6.45) is 3.90. The Balaban J connectivity index is 0.000000247. The second-order valence-electron chi connectivity index (χ2n) is 16.9. The number of aryl methyl sites for hydroxylation is 2. The van der Waals surface area contributed by atoms with Crippen LogP contribution < -0.4 is 5.19 Å². The molecule has 0 atom stereocenters. The molecule has 4 heterocycles. The summed E-state index contributed by atoms with van der Waals surface area (Å²) < 4.78 is 8.81. The van der Waals surface area contributed by atoms with Gasteiger partial charge in [-0.3, -0.25) is 4.98 Å². The molecule has 0 bridgehead atoms. The van der Waals surface area contributed by atoms with Crippen molar-refractivity contribution < 1.29 is 24.5 Å². The van der Waals surface area contributed by atoms with Gasteiger partial charge in [-0.25, -0.2) is 4.98 Å². The van der Waals surface area contributed by atoms with E-state index in [4.69, 9.17) is 14.4 Å². The minimum absolute atomic E-state index is 0. The summed E-state index contributed by atoms with van der Waals surface area (Å²) in [6, 6.07) is 46.6. The zero-order chi connectivity index (χ0) is 40.7. The Hall–Kier alpha value is -5.46. The zero-order valence-electron chi connectivity index (χ0n) is 35.3. The number of nitrogens with zero attached hydrogens (tertiary/aromatic N) is 4. The first-order valence-electron chi connectivity index (χ1n) is 20.2. The van der Waals surface area contributed by atoms with Gasteiger partial charge in [0.05, 0.1) is 25.0 Å². The Labute approximate surface area is 363 Å². The molecule has 0 unspecified atom stereocenters. The monoisotopic (exact) mass is 967 g/mol. The number of benzene rings is 5. The molecule has 5 nitrogen and oxygen atoms in total. The Bertz CT molecular complexity index is 2880. The molecule has 0 saturated heterocycles. The summed E-state index contributed by atoms with van der Waals surface area (Å²) in [7, 11) is -1.27. The molecule has 4 aromatic heterocycles. The van der Waals surface area contributed by atoms with Crippen molar-refractivity contribution >= 4 is 46.4 Å². The summed E-state index contributed by atoms with van der Waals surface area (Å²) in [5, 5.41) is 3.59. The van der Waals surface area contributed by atoms with Crippen LogP contribution in [0.15, 0.2) is 132 Å². The van der Waals surface area contributed by atoms with Gasteiger partial charge in [0.1, 0.15) is 5.58 Å². The maximum Gasteiger partial charge on any atom is 0.168 e. The smallest absolute Gasteiger partial charge is 0.168 e. The molecule has 0 aliphatic heterocycles. The molecule has 0 fully saturated rings. The van der Waals surface area contributed by atoms with Crippen LogP contribution in [-0.2, 0) is 20.1 Å². The van der Waals surface area contributed by atoms with Crippen LogP contribution in [0.1, 0.15) is 61.8 Å². The van der Waals surface area contributed by atoms with Crippen LogP contribution in [0.5, 0.6) is 0 Å². The fraction of sp³-hybridized carbons (Fsp3) is 0.212. The average molecular weight is 967 g/mol. The third-order valence-electron chi connectivity index (χ3n) is 11.0. The van der Waals surface area contributed by atoms with E-state index < -0.39 is 8.07 Å². The van der Waals surface area contributed by atoms with Gasteiger partial charge in [-0.05, 0) is 88.6 Å². The Morgan fingerprint density at radius 1 is 0.678 bits per heavy atom. The summed E-state index contributed by atoms with van der Waals surface area (Å²) in [6.45, 7) is 20.5. The Morgan fingerprint density at radius 3 is 2.03 bits per heavy atom. The van der Waals surface area contributed by atoms with Gasteiger partial charge >= 0.3 is 0 Å². The number of pyridine rings is 2. The summed E-state index contributed by atoms with van der Waals surface area (Å²) in [5.74, 6) is 1.35. The van der Waals surface area contributed by atoms with Crippen LogP contribution in [0.4, 0.5) is 0 Å². The molecule has 0 amide bonds. The molecule has 299 valence electrons. The van der Waals surface area contributed by atoms with Crippen LogP contribution in [-0.4, -0.2) is 27.6 Å². The molecule has 7 heteroatoms. The number of hydrogen-bond donors (Lipinski definition) is 0. The fourth-order valence-electron chi connectivity index (χ4n) is 8.05. The van der Waals surface area contributed by atoms with Crippen molar-refractivity contribution in [1.82, 2.24) is 19.5 Å². The van der Waals surface area contributed by atoms with Gasteiger partial charge in [0, 0.05) is 43.6 Å². The van der Waals surface area contributed by atoms with Crippen LogP contribution in [0.3, 0.4) is 0 Å². The van der Waals surface area contributed by atoms with E-state index >= 15 is 0 Å². The predicted octanol–water partition coefficient (Wildman–Crippen LogP) is 13.4. The van der Waals surface area contributed by atoms with Gasteiger partial charge in [0.2, 0.25) is 0 Å². The van der Waals surface area contributed by atoms with Crippen LogP contribution in [0.25, 0.3) is 72.6 Å². The molecular weight excluding hydrogens is 917 g/mol. The van der Waals surface area contributed by atoms with Gasteiger partial charge in [-0.15, -0.1) is 54.1 Å². The second kappa shape index (κ2) is 17.0. The van der Waals surface area contributed by atoms with Crippen molar-refractivity contribution in [3.63, 3.8) is 0 Å². The van der Waals surface area contributed by atoms with E-state index in [1.807, 2.05) is 48.7 Å². The molecule has 0 aliphatic carbocycles. The number of furan rings is 1. The number of para-hydroxylation sites is 1. The summed E-state index contributed by atoms with van der Waals surface area (Å²) in [5.41, 5.74) is 15.0. The van der Waals surface area contributed by atoms with Gasteiger partial charge in [-0.1, -0.05) is 118 Å². The van der Waals surface area contributed by atoms with Crippen molar-refractivity contribution in [2.24, 2.45) is 0 Å². The van der Waals surface area contributed by atoms with E-state index in [0.717, 1.165) is 61.3 Å². The van der Waals surface area contributed by atoms with Gasteiger partial charge in [0.15, 0.2) is 5.65 Å². The Morgan fingerprint density at radius 2 is 1.37 bits per heavy atom. The minimum atomic E-state index is -1.27. The number of imidazole rings is 1. The van der Waals surface area contributed by atoms with Crippen molar-refractivity contribution in [3.05, 3.63) is 162 Å². The molecule has 0 N–H and O–H groups in total. The van der Waals surface area contributed by atoms with Crippen LogP contribution in [0.2, 0.25) is 19.6 Å². The summed E-state index contributed by atoms with van der Waals surface area (Å²) >= 11 is 0. The molecule has 9 aromatic rings. The molecule has 0 saturated carbocycles. The number of rotatable bonds is 7. The minimum Gasteiger partial charge on any atom is -0.501 e. The van der Waals surface area contributed by atoms with Gasteiger partial charge in [0.25, 0.3) is 0 Å². The standard InChI is InChI=1S/C37H32N3O.C15H18NSi.Ir/c1-22(2)30-20-26(25-12-7-6-8-13-25)21-31(23(3)4)34(30)40-33-24(5)18-19-38-36(33)39-37(40)29-16-11-15-28-27-14-9-10-17-32(27)41-35(28)29;1-12-10-14(13-8-6-5-7-9-13)16-11-15(12)17(2,3)4;/h6-15,17-23H,1-5H3;5-8,10-11H,1-4H3;/q2*-1;. The largest absolute Gasteiger partial charge is 0.501 e. The Kier molecular flexibility index (Phi) is 12.0. The van der Waals surface area contributed by atoms with Gasteiger partial charge in [-0.2, -0.15) is 0 Å². The van der Waals surface area contributed by atoms with Crippen molar-refractivity contribution in [1.29, 1.82) is 0 Å². The zero-order valence-corrected chi connectivity index (χ0v) is 38.7. The normalized spacial score (nSPS) is 11.6. The molecule has 0 spiro atoms. The number of hydrogen-bond acceptors (Lipinski definition) is 4. The second-order valence-corrected chi connectivity index (χ2v) is 21.9. The predicted molar refractivity (Wildman–Crippen MR) is 245 cm³/mol. The first-order valence-corrected chi connectivity index (χ1v) is 23.7. The number of aromatic nitrogens is 4. The van der Waals surface area contributed by atoms with Gasteiger partial charge < -0.3 is 14.0 Å². The third kappa shape index (κ3) is 8.12. The van der Waals surface area contributed by atoms with E-state index in [1.54, 1.807) is 0 Å². The fourth-order valence-corrected chi connectivity index (χ4v) is 9.76. The number of fused-ring (bicyclic) bond motifs is 4. The van der Waals surface area contributed by atoms with Crippen LogP contribution in [0, 0.1) is 26.0 Å². The SMILES string of the molecule is Cc1cc(-c2[c-]cccc2)ncc1[Si](C)(C)C.Cc1ccnc2nc(-c3[c-]ccc4c3oc3ccccc34)n(-c3c(C(C)C)cc(-c4ccccc4)cc3C(C)C)c12.[Ir]. The molecular formula is C52H50IrN4OSi-2. The van der Waals surface area contributed by atoms with E-state index in [0.29, 0.717) is 0 Å².